The Hall–Kier alpha value is -2.28. The molecule has 0 aromatic heterocycles. The van der Waals surface area contributed by atoms with Gasteiger partial charge < -0.3 is 24.0 Å². The second kappa shape index (κ2) is 9.08. The predicted molar refractivity (Wildman–Crippen MR) is 100 cm³/mol. The monoisotopic (exact) mass is 376 g/mol. The van der Waals surface area contributed by atoms with Gasteiger partial charge in [0.2, 0.25) is 0 Å². The van der Waals surface area contributed by atoms with Gasteiger partial charge in [-0.15, -0.1) is 0 Å². The zero-order valence-electron chi connectivity index (χ0n) is 16.1. The summed E-state index contributed by atoms with van der Waals surface area (Å²) in [5.41, 5.74) is 0.577. The Balaban J connectivity index is 1.61. The minimum atomic E-state index is -0.0806. The molecule has 27 heavy (non-hydrogen) atoms. The number of piperidine rings is 1. The molecule has 0 unspecified atom stereocenters. The number of rotatable bonds is 5. The van der Waals surface area contributed by atoms with Crippen LogP contribution in [0.2, 0.25) is 0 Å². The molecule has 0 N–H and O–H groups in total. The second-order valence-electron chi connectivity index (χ2n) is 7.12. The van der Waals surface area contributed by atoms with E-state index < -0.39 is 0 Å². The maximum absolute atomic E-state index is 12.7. The molecule has 2 saturated heterocycles. The summed E-state index contributed by atoms with van der Waals surface area (Å²) >= 11 is 0. The third-order valence-electron chi connectivity index (χ3n) is 5.20. The van der Waals surface area contributed by atoms with Gasteiger partial charge in [0.05, 0.1) is 20.3 Å². The van der Waals surface area contributed by atoms with E-state index >= 15 is 0 Å². The van der Waals surface area contributed by atoms with Crippen molar-refractivity contribution in [3.63, 3.8) is 0 Å². The summed E-state index contributed by atoms with van der Waals surface area (Å²) in [4.78, 5) is 28.6. The number of benzene rings is 1. The molecular weight excluding hydrogens is 348 g/mol. The zero-order chi connectivity index (χ0) is 19.2. The topological polar surface area (TPSA) is 68.3 Å². The lowest BCUT2D eigenvalue weighted by molar-refractivity contribution is -0.137. The van der Waals surface area contributed by atoms with Gasteiger partial charge in [0.1, 0.15) is 0 Å². The Bertz CT molecular complexity index is 664. The highest BCUT2D eigenvalue weighted by molar-refractivity contribution is 5.95. The maximum Gasteiger partial charge on any atom is 0.260 e. The first-order valence-electron chi connectivity index (χ1n) is 9.54. The van der Waals surface area contributed by atoms with Crippen molar-refractivity contribution in [3.8, 4) is 11.5 Å². The van der Waals surface area contributed by atoms with Gasteiger partial charge in [-0.2, -0.15) is 0 Å². The van der Waals surface area contributed by atoms with Crippen LogP contribution in [-0.2, 0) is 9.53 Å². The summed E-state index contributed by atoms with van der Waals surface area (Å²) in [5, 5.41) is 0. The number of methoxy groups -OCH3 is 1. The van der Waals surface area contributed by atoms with E-state index in [4.69, 9.17) is 14.2 Å². The fraction of sp³-hybridized carbons (Fsp3) is 0.600. The fourth-order valence-electron chi connectivity index (χ4n) is 3.36. The smallest absolute Gasteiger partial charge is 0.260 e. The number of hydrogen-bond donors (Lipinski definition) is 0. The van der Waals surface area contributed by atoms with E-state index in [1.807, 2.05) is 4.90 Å². The molecule has 0 saturated carbocycles. The van der Waals surface area contributed by atoms with E-state index in [2.05, 4.69) is 6.92 Å². The van der Waals surface area contributed by atoms with Crippen LogP contribution >= 0.6 is 0 Å². The SMILES string of the molecule is COc1cc(C(=O)N2CCC(C)CC2)ccc1OCC(=O)N1CCOCC1. The van der Waals surface area contributed by atoms with Gasteiger partial charge in [0.15, 0.2) is 18.1 Å². The van der Waals surface area contributed by atoms with Crippen LogP contribution in [-0.4, -0.2) is 74.7 Å². The lowest BCUT2D eigenvalue weighted by Crippen LogP contribution is -2.43. The van der Waals surface area contributed by atoms with Gasteiger partial charge >= 0.3 is 0 Å². The molecule has 0 aliphatic carbocycles. The van der Waals surface area contributed by atoms with E-state index in [9.17, 15) is 9.59 Å². The van der Waals surface area contributed by atoms with Crippen LogP contribution in [0, 0.1) is 5.92 Å². The summed E-state index contributed by atoms with van der Waals surface area (Å²) in [5.74, 6) is 1.52. The molecule has 2 heterocycles. The van der Waals surface area contributed by atoms with Gasteiger partial charge in [-0.3, -0.25) is 9.59 Å². The molecule has 7 heteroatoms. The average molecular weight is 376 g/mol. The number of morpholine rings is 1. The van der Waals surface area contributed by atoms with E-state index in [-0.39, 0.29) is 18.4 Å². The van der Waals surface area contributed by atoms with Gasteiger partial charge in [-0.1, -0.05) is 6.92 Å². The number of ether oxygens (including phenoxy) is 3. The molecule has 0 spiro atoms. The molecule has 7 nitrogen and oxygen atoms in total. The summed E-state index contributed by atoms with van der Waals surface area (Å²) in [6.07, 6.45) is 2.07. The molecule has 1 aromatic carbocycles. The molecule has 3 rings (SSSR count). The largest absolute Gasteiger partial charge is 0.493 e. The van der Waals surface area contributed by atoms with Gasteiger partial charge in [-0.05, 0) is 37.0 Å². The molecular formula is C20H28N2O5. The molecule has 2 aliphatic heterocycles. The molecule has 2 aliphatic rings. The van der Waals surface area contributed by atoms with E-state index in [0.29, 0.717) is 49.3 Å². The standard InChI is InChI=1S/C20H28N2O5/c1-15-5-7-22(8-6-15)20(24)16-3-4-17(18(13-16)25-2)27-14-19(23)21-9-11-26-12-10-21/h3-4,13,15H,5-12,14H2,1-2H3. The Labute approximate surface area is 160 Å². The van der Waals surface area contributed by atoms with E-state index in [1.165, 1.54) is 7.11 Å². The second-order valence-corrected chi connectivity index (χ2v) is 7.12. The average Bonchev–Trinajstić information content (AvgIpc) is 2.72. The van der Waals surface area contributed by atoms with E-state index in [1.54, 1.807) is 23.1 Å². The minimum Gasteiger partial charge on any atom is -0.493 e. The van der Waals surface area contributed by atoms with Crippen molar-refractivity contribution in [2.75, 3.05) is 53.1 Å². The third-order valence-corrected chi connectivity index (χ3v) is 5.20. The molecule has 2 fully saturated rings. The summed E-state index contributed by atoms with van der Waals surface area (Å²) in [6.45, 7) is 6.01. The van der Waals surface area contributed by atoms with Crippen molar-refractivity contribution < 1.29 is 23.8 Å². The first kappa shape index (κ1) is 19.5. The van der Waals surface area contributed by atoms with E-state index in [0.717, 1.165) is 25.9 Å². The minimum absolute atomic E-state index is 0.0103. The van der Waals surface area contributed by atoms with Crippen LogP contribution in [0.1, 0.15) is 30.1 Å². The first-order valence-corrected chi connectivity index (χ1v) is 9.54. The molecule has 1 aromatic rings. The number of likely N-dealkylation sites (tertiary alicyclic amines) is 1. The summed E-state index contributed by atoms with van der Waals surface area (Å²) < 4.78 is 16.3. The van der Waals surface area contributed by atoms with Crippen molar-refractivity contribution >= 4 is 11.8 Å². The third kappa shape index (κ3) is 4.91. The Morgan fingerprint density at radius 1 is 1.07 bits per heavy atom. The van der Waals surface area contributed by atoms with Crippen LogP contribution in [0.15, 0.2) is 18.2 Å². The van der Waals surface area contributed by atoms with Crippen LogP contribution in [0.3, 0.4) is 0 Å². The molecule has 0 radical (unpaired) electrons. The highest BCUT2D eigenvalue weighted by Gasteiger charge is 2.23. The molecule has 148 valence electrons. The van der Waals surface area contributed by atoms with Crippen molar-refractivity contribution in [2.24, 2.45) is 5.92 Å². The number of nitrogens with zero attached hydrogens (tertiary/aromatic N) is 2. The van der Waals surface area contributed by atoms with Crippen LogP contribution in [0.25, 0.3) is 0 Å². The Kier molecular flexibility index (Phi) is 6.55. The number of carbonyl (C=O) groups excluding carboxylic acids is 2. The van der Waals surface area contributed by atoms with Crippen LogP contribution in [0.4, 0.5) is 0 Å². The highest BCUT2D eigenvalue weighted by Crippen LogP contribution is 2.29. The first-order chi connectivity index (χ1) is 13.1. The predicted octanol–water partition coefficient (Wildman–Crippen LogP) is 1.80. The van der Waals surface area contributed by atoms with Crippen molar-refractivity contribution in [1.29, 1.82) is 0 Å². The lowest BCUT2D eigenvalue weighted by atomic mass is 9.98. The fourth-order valence-corrected chi connectivity index (χ4v) is 3.36. The van der Waals surface area contributed by atoms with Crippen molar-refractivity contribution in [2.45, 2.75) is 19.8 Å². The van der Waals surface area contributed by atoms with Crippen molar-refractivity contribution in [1.82, 2.24) is 9.80 Å². The van der Waals surface area contributed by atoms with Crippen LogP contribution < -0.4 is 9.47 Å². The Morgan fingerprint density at radius 3 is 2.44 bits per heavy atom. The van der Waals surface area contributed by atoms with Gasteiger partial charge in [0.25, 0.3) is 11.8 Å². The summed E-state index contributed by atoms with van der Waals surface area (Å²) in [6, 6.07) is 5.12. The number of hydrogen-bond acceptors (Lipinski definition) is 5. The number of carbonyl (C=O) groups is 2. The summed E-state index contributed by atoms with van der Waals surface area (Å²) in [7, 11) is 1.53. The maximum atomic E-state index is 12.7. The number of amides is 2. The normalized spacial score (nSPS) is 18.3. The quantitative estimate of drug-likeness (QED) is 0.784. The zero-order valence-corrected chi connectivity index (χ0v) is 16.1. The van der Waals surface area contributed by atoms with Gasteiger partial charge in [-0.25, -0.2) is 0 Å². The highest BCUT2D eigenvalue weighted by atomic mass is 16.5. The van der Waals surface area contributed by atoms with Gasteiger partial charge in [0, 0.05) is 31.7 Å². The molecule has 0 atom stereocenters. The van der Waals surface area contributed by atoms with Crippen LogP contribution in [0.5, 0.6) is 11.5 Å². The lowest BCUT2D eigenvalue weighted by Gasteiger charge is -2.30. The molecule has 2 amide bonds. The Morgan fingerprint density at radius 2 is 1.78 bits per heavy atom. The molecule has 0 bridgehead atoms. The van der Waals surface area contributed by atoms with Crippen molar-refractivity contribution in [3.05, 3.63) is 23.8 Å².